The summed E-state index contributed by atoms with van der Waals surface area (Å²) < 4.78 is 31.2. The van der Waals surface area contributed by atoms with Gasteiger partial charge in [-0.1, -0.05) is 13.8 Å². The van der Waals surface area contributed by atoms with Crippen LogP contribution in [0.2, 0.25) is 0 Å². The van der Waals surface area contributed by atoms with Gasteiger partial charge >= 0.3 is 5.97 Å². The fourth-order valence-electron chi connectivity index (χ4n) is 1.69. The van der Waals surface area contributed by atoms with Gasteiger partial charge in [-0.15, -0.1) is 11.8 Å². The zero-order valence-corrected chi connectivity index (χ0v) is 12.6. The van der Waals surface area contributed by atoms with Gasteiger partial charge in [0, 0.05) is 16.7 Å². The molecular formula is C14H19F2NO2S. The van der Waals surface area contributed by atoms with E-state index in [9.17, 15) is 13.6 Å². The number of carbonyl (C=O) groups excluding carboxylic acids is 1. The van der Waals surface area contributed by atoms with Gasteiger partial charge in [0.25, 0.3) is 0 Å². The Hall–Kier alpha value is -1.14. The highest BCUT2D eigenvalue weighted by Gasteiger charge is 2.19. The first-order chi connectivity index (χ1) is 9.43. The van der Waals surface area contributed by atoms with Crippen molar-refractivity contribution in [3.8, 4) is 0 Å². The van der Waals surface area contributed by atoms with Crippen molar-refractivity contribution in [3.05, 3.63) is 29.8 Å². The van der Waals surface area contributed by atoms with Gasteiger partial charge in [-0.25, -0.2) is 8.78 Å². The maximum Gasteiger partial charge on any atom is 0.322 e. The molecule has 0 heterocycles. The molecule has 112 valence electrons. The third kappa shape index (κ3) is 5.46. The van der Waals surface area contributed by atoms with Crippen LogP contribution in [0.25, 0.3) is 0 Å². The van der Waals surface area contributed by atoms with E-state index >= 15 is 0 Å². The Kier molecular flexibility index (Phi) is 6.95. The third-order valence-corrected chi connectivity index (χ3v) is 3.64. The predicted octanol–water partition coefficient (Wildman–Crippen LogP) is 2.99. The molecule has 0 aromatic heterocycles. The van der Waals surface area contributed by atoms with Crippen LogP contribution in [0, 0.1) is 11.6 Å². The second kappa shape index (κ2) is 8.21. The number of hydrogen-bond donors (Lipinski definition) is 1. The van der Waals surface area contributed by atoms with Crippen LogP contribution >= 0.6 is 11.8 Å². The fourth-order valence-corrected chi connectivity index (χ4v) is 2.66. The van der Waals surface area contributed by atoms with E-state index in [1.54, 1.807) is 0 Å². The van der Waals surface area contributed by atoms with Crippen molar-refractivity contribution in [1.82, 2.24) is 5.32 Å². The molecule has 1 rings (SSSR count). The number of rotatable bonds is 7. The monoisotopic (exact) mass is 303 g/mol. The number of hydrogen-bond acceptors (Lipinski definition) is 4. The van der Waals surface area contributed by atoms with E-state index in [-0.39, 0.29) is 16.9 Å². The molecule has 6 heteroatoms. The Morgan fingerprint density at radius 2 is 2.10 bits per heavy atom. The van der Waals surface area contributed by atoms with E-state index < -0.39 is 17.7 Å². The van der Waals surface area contributed by atoms with Crippen molar-refractivity contribution in [2.75, 3.05) is 12.9 Å². The number of nitrogens with one attached hydrogen (secondary N) is 1. The SMILES string of the molecule is COC(=O)C(CCSc1cc(F)ccc1F)NC(C)C. The van der Waals surface area contributed by atoms with Gasteiger partial charge in [-0.3, -0.25) is 4.79 Å². The standard InChI is InChI=1S/C14H19F2NO2S/c1-9(2)17-12(14(18)19-3)6-7-20-13-8-10(15)4-5-11(13)16/h4-5,8-9,12,17H,6-7H2,1-3H3. The summed E-state index contributed by atoms with van der Waals surface area (Å²) in [7, 11) is 1.33. The van der Waals surface area contributed by atoms with Crippen LogP contribution in [-0.4, -0.2) is 30.9 Å². The van der Waals surface area contributed by atoms with Crippen molar-refractivity contribution in [3.63, 3.8) is 0 Å². The molecule has 20 heavy (non-hydrogen) atoms. The van der Waals surface area contributed by atoms with E-state index in [0.717, 1.165) is 18.2 Å². The maximum absolute atomic E-state index is 13.4. The number of ether oxygens (including phenoxy) is 1. The molecule has 3 nitrogen and oxygen atoms in total. The Labute approximate surface area is 122 Å². The third-order valence-electron chi connectivity index (χ3n) is 2.58. The van der Waals surface area contributed by atoms with Crippen LogP contribution in [0.1, 0.15) is 20.3 Å². The molecule has 1 atom stereocenters. The molecule has 0 spiro atoms. The lowest BCUT2D eigenvalue weighted by atomic mass is 10.2. The summed E-state index contributed by atoms with van der Waals surface area (Å²) in [6, 6.07) is 3.03. The summed E-state index contributed by atoms with van der Waals surface area (Å²) in [6.45, 7) is 3.85. The number of methoxy groups -OCH3 is 1. The zero-order chi connectivity index (χ0) is 15.1. The second-order valence-corrected chi connectivity index (χ2v) is 5.75. The second-order valence-electron chi connectivity index (χ2n) is 4.61. The summed E-state index contributed by atoms with van der Waals surface area (Å²) in [6.07, 6.45) is 0.478. The number of benzene rings is 1. The quantitative estimate of drug-likeness (QED) is 0.621. The van der Waals surface area contributed by atoms with Crippen LogP contribution in [0.15, 0.2) is 23.1 Å². The summed E-state index contributed by atoms with van der Waals surface area (Å²) in [5.74, 6) is -0.791. The van der Waals surface area contributed by atoms with E-state index in [1.165, 1.54) is 18.9 Å². The lowest BCUT2D eigenvalue weighted by Crippen LogP contribution is -2.41. The Morgan fingerprint density at radius 3 is 2.70 bits per heavy atom. The van der Waals surface area contributed by atoms with Gasteiger partial charge in [0.1, 0.15) is 17.7 Å². The number of thioether (sulfide) groups is 1. The van der Waals surface area contributed by atoms with Gasteiger partial charge < -0.3 is 10.1 Å². The average molecular weight is 303 g/mol. The van der Waals surface area contributed by atoms with Crippen molar-refractivity contribution in [2.24, 2.45) is 0 Å². The molecule has 1 N–H and O–H groups in total. The molecule has 0 radical (unpaired) electrons. The van der Waals surface area contributed by atoms with E-state index in [1.807, 2.05) is 13.8 Å². The van der Waals surface area contributed by atoms with E-state index in [2.05, 4.69) is 5.32 Å². The largest absolute Gasteiger partial charge is 0.468 e. The average Bonchev–Trinajstić information content (AvgIpc) is 2.40. The van der Waals surface area contributed by atoms with Gasteiger partial charge in [-0.2, -0.15) is 0 Å². The molecule has 0 amide bonds. The molecule has 0 saturated heterocycles. The van der Waals surface area contributed by atoms with Crippen molar-refractivity contribution < 1.29 is 18.3 Å². The molecule has 1 aromatic carbocycles. The van der Waals surface area contributed by atoms with Crippen molar-refractivity contribution in [1.29, 1.82) is 0 Å². The number of esters is 1. The van der Waals surface area contributed by atoms with Crippen molar-refractivity contribution >= 4 is 17.7 Å². The summed E-state index contributed by atoms with van der Waals surface area (Å²) in [5.41, 5.74) is 0. The van der Waals surface area contributed by atoms with Crippen molar-refractivity contribution in [2.45, 2.75) is 37.2 Å². The van der Waals surface area contributed by atoms with Crippen LogP contribution in [0.4, 0.5) is 8.78 Å². The lowest BCUT2D eigenvalue weighted by molar-refractivity contribution is -0.143. The highest BCUT2D eigenvalue weighted by atomic mass is 32.2. The number of carbonyl (C=O) groups is 1. The first kappa shape index (κ1) is 16.9. The normalized spacial score (nSPS) is 12.5. The summed E-state index contributed by atoms with van der Waals surface area (Å²) >= 11 is 1.18. The molecule has 0 aliphatic rings. The van der Waals surface area contributed by atoms with E-state index in [4.69, 9.17) is 4.74 Å². The molecule has 0 aliphatic carbocycles. The minimum absolute atomic E-state index is 0.134. The Bertz CT molecular complexity index is 455. The van der Waals surface area contributed by atoms with Crippen LogP contribution in [0.3, 0.4) is 0 Å². The Balaban J connectivity index is 2.55. The zero-order valence-electron chi connectivity index (χ0n) is 11.8. The predicted molar refractivity (Wildman–Crippen MR) is 75.8 cm³/mol. The fraction of sp³-hybridized carbons (Fsp3) is 0.500. The molecule has 0 aliphatic heterocycles. The molecule has 0 saturated carbocycles. The minimum atomic E-state index is -0.473. The maximum atomic E-state index is 13.4. The van der Waals surface area contributed by atoms with Crippen LogP contribution < -0.4 is 5.32 Å². The first-order valence-corrected chi connectivity index (χ1v) is 7.34. The highest BCUT2D eigenvalue weighted by molar-refractivity contribution is 7.99. The minimum Gasteiger partial charge on any atom is -0.468 e. The lowest BCUT2D eigenvalue weighted by Gasteiger charge is -2.18. The summed E-state index contributed by atoms with van der Waals surface area (Å²) in [4.78, 5) is 11.8. The highest BCUT2D eigenvalue weighted by Crippen LogP contribution is 2.23. The topological polar surface area (TPSA) is 38.3 Å². The van der Waals surface area contributed by atoms with Crippen LogP contribution in [-0.2, 0) is 9.53 Å². The molecule has 0 bridgehead atoms. The smallest absolute Gasteiger partial charge is 0.322 e. The molecule has 1 unspecified atom stereocenters. The van der Waals surface area contributed by atoms with Gasteiger partial charge in [0.2, 0.25) is 0 Å². The Morgan fingerprint density at radius 1 is 1.40 bits per heavy atom. The number of halogens is 2. The van der Waals surface area contributed by atoms with Gasteiger partial charge in [0.05, 0.1) is 7.11 Å². The van der Waals surface area contributed by atoms with Gasteiger partial charge in [-0.05, 0) is 24.6 Å². The molecule has 0 fully saturated rings. The van der Waals surface area contributed by atoms with Crippen LogP contribution in [0.5, 0.6) is 0 Å². The first-order valence-electron chi connectivity index (χ1n) is 6.35. The summed E-state index contributed by atoms with van der Waals surface area (Å²) in [5, 5.41) is 3.09. The molecule has 1 aromatic rings. The molecular weight excluding hydrogens is 284 g/mol. The van der Waals surface area contributed by atoms with Gasteiger partial charge in [0.15, 0.2) is 0 Å². The van der Waals surface area contributed by atoms with E-state index in [0.29, 0.717) is 12.2 Å².